The lowest BCUT2D eigenvalue weighted by Crippen LogP contribution is -2.35. The Morgan fingerprint density at radius 3 is 2.59 bits per heavy atom. The van der Waals surface area contributed by atoms with E-state index in [0.717, 1.165) is 29.2 Å². The SMILES string of the molecule is CCOc1ccccc1NC(=O)c1cc(-c2ccccc2)c(N2CCOCC2)s1. The number of amides is 1. The highest BCUT2D eigenvalue weighted by Gasteiger charge is 2.22. The molecule has 1 aliphatic heterocycles. The Morgan fingerprint density at radius 1 is 1.10 bits per heavy atom. The number of rotatable bonds is 6. The molecule has 0 spiro atoms. The van der Waals surface area contributed by atoms with E-state index in [2.05, 4.69) is 22.3 Å². The molecular formula is C23H24N2O3S. The zero-order valence-corrected chi connectivity index (χ0v) is 17.2. The van der Waals surface area contributed by atoms with Crippen LogP contribution in [0.1, 0.15) is 16.6 Å². The molecule has 1 fully saturated rings. The van der Waals surface area contributed by atoms with Crippen molar-refractivity contribution in [3.8, 4) is 16.9 Å². The van der Waals surface area contributed by atoms with Crippen molar-refractivity contribution in [3.63, 3.8) is 0 Å². The van der Waals surface area contributed by atoms with Crippen molar-refractivity contribution in [3.05, 3.63) is 65.5 Å². The third-order valence-corrected chi connectivity index (χ3v) is 5.95. The minimum absolute atomic E-state index is 0.126. The van der Waals surface area contributed by atoms with E-state index in [1.165, 1.54) is 11.3 Å². The molecule has 2 aromatic carbocycles. The van der Waals surface area contributed by atoms with Crippen molar-refractivity contribution in [2.24, 2.45) is 0 Å². The van der Waals surface area contributed by atoms with Gasteiger partial charge in [0.1, 0.15) is 5.75 Å². The van der Waals surface area contributed by atoms with Crippen molar-refractivity contribution in [1.82, 2.24) is 0 Å². The number of nitrogens with one attached hydrogen (secondary N) is 1. The molecule has 29 heavy (non-hydrogen) atoms. The summed E-state index contributed by atoms with van der Waals surface area (Å²) in [5.74, 6) is 0.551. The van der Waals surface area contributed by atoms with Gasteiger partial charge in [-0.2, -0.15) is 0 Å². The molecule has 0 aliphatic carbocycles. The number of hydrogen-bond donors (Lipinski definition) is 1. The molecule has 150 valence electrons. The minimum atomic E-state index is -0.126. The molecule has 6 heteroatoms. The van der Waals surface area contributed by atoms with Gasteiger partial charge in [0.2, 0.25) is 0 Å². The van der Waals surface area contributed by atoms with Gasteiger partial charge in [-0.15, -0.1) is 11.3 Å². The first kappa shape index (κ1) is 19.5. The molecule has 0 unspecified atom stereocenters. The number of benzene rings is 2. The Kier molecular flexibility index (Phi) is 6.12. The first-order valence-corrected chi connectivity index (χ1v) is 10.6. The van der Waals surface area contributed by atoms with Crippen LogP contribution < -0.4 is 15.0 Å². The molecule has 0 atom stereocenters. The van der Waals surface area contributed by atoms with Crippen LogP contribution in [0.5, 0.6) is 5.75 Å². The predicted molar refractivity (Wildman–Crippen MR) is 118 cm³/mol. The third-order valence-electron chi connectivity index (χ3n) is 4.75. The van der Waals surface area contributed by atoms with Gasteiger partial charge in [0.25, 0.3) is 5.91 Å². The Labute approximate surface area is 174 Å². The number of hydrogen-bond acceptors (Lipinski definition) is 5. The van der Waals surface area contributed by atoms with E-state index in [4.69, 9.17) is 9.47 Å². The van der Waals surface area contributed by atoms with Crippen LogP contribution in [0.3, 0.4) is 0 Å². The molecule has 0 bridgehead atoms. The molecule has 1 N–H and O–H groups in total. The number of carbonyl (C=O) groups is 1. The molecule has 1 aliphatic rings. The fraction of sp³-hybridized carbons (Fsp3) is 0.261. The number of ether oxygens (including phenoxy) is 2. The molecule has 4 rings (SSSR count). The smallest absolute Gasteiger partial charge is 0.265 e. The number of carbonyl (C=O) groups excluding carboxylic acids is 1. The van der Waals surface area contributed by atoms with E-state index < -0.39 is 0 Å². The maximum absolute atomic E-state index is 13.1. The summed E-state index contributed by atoms with van der Waals surface area (Å²) in [5.41, 5.74) is 2.88. The van der Waals surface area contributed by atoms with Gasteiger partial charge >= 0.3 is 0 Å². The topological polar surface area (TPSA) is 50.8 Å². The van der Waals surface area contributed by atoms with E-state index >= 15 is 0 Å². The van der Waals surface area contributed by atoms with E-state index in [-0.39, 0.29) is 5.91 Å². The molecule has 1 amide bonds. The number of nitrogens with zero attached hydrogens (tertiary/aromatic N) is 1. The predicted octanol–water partition coefficient (Wildman–Crippen LogP) is 4.90. The minimum Gasteiger partial charge on any atom is -0.492 e. The van der Waals surface area contributed by atoms with Crippen LogP contribution in [0.2, 0.25) is 0 Å². The lowest BCUT2D eigenvalue weighted by atomic mass is 10.1. The van der Waals surface area contributed by atoms with Gasteiger partial charge in [0.15, 0.2) is 0 Å². The number of morpholine rings is 1. The fourth-order valence-corrected chi connectivity index (χ4v) is 4.48. The standard InChI is InChI=1S/C23H24N2O3S/c1-2-28-20-11-7-6-10-19(20)24-22(26)21-16-18(17-8-4-3-5-9-17)23(29-21)25-12-14-27-15-13-25/h3-11,16H,2,12-15H2,1H3,(H,24,26). The van der Waals surface area contributed by atoms with E-state index in [1.54, 1.807) is 0 Å². The summed E-state index contributed by atoms with van der Waals surface area (Å²) in [6, 6.07) is 19.7. The summed E-state index contributed by atoms with van der Waals surface area (Å²) < 4.78 is 11.1. The number of anilines is 2. The maximum Gasteiger partial charge on any atom is 0.265 e. The third kappa shape index (κ3) is 4.44. The van der Waals surface area contributed by atoms with Gasteiger partial charge in [-0.1, -0.05) is 42.5 Å². The van der Waals surface area contributed by atoms with Gasteiger partial charge in [0, 0.05) is 18.7 Å². The van der Waals surface area contributed by atoms with Crippen LogP contribution in [-0.2, 0) is 4.74 Å². The first-order valence-electron chi connectivity index (χ1n) is 9.81. The number of thiophene rings is 1. The molecule has 0 saturated carbocycles. The van der Waals surface area contributed by atoms with Gasteiger partial charge in [-0.05, 0) is 30.7 Å². The van der Waals surface area contributed by atoms with Gasteiger partial charge in [0.05, 0.1) is 35.4 Å². The Morgan fingerprint density at radius 2 is 1.83 bits per heavy atom. The largest absolute Gasteiger partial charge is 0.492 e. The van der Waals surface area contributed by atoms with E-state index in [1.807, 2.05) is 55.5 Å². The lowest BCUT2D eigenvalue weighted by molar-refractivity contribution is 0.103. The summed E-state index contributed by atoms with van der Waals surface area (Å²) in [4.78, 5) is 16.0. The molecule has 1 saturated heterocycles. The van der Waals surface area contributed by atoms with Crippen LogP contribution in [0.25, 0.3) is 11.1 Å². The molecule has 5 nitrogen and oxygen atoms in total. The quantitative estimate of drug-likeness (QED) is 0.630. The van der Waals surface area contributed by atoms with Crippen LogP contribution in [0.4, 0.5) is 10.7 Å². The lowest BCUT2D eigenvalue weighted by Gasteiger charge is -2.28. The van der Waals surface area contributed by atoms with Crippen LogP contribution in [0.15, 0.2) is 60.7 Å². The van der Waals surface area contributed by atoms with Crippen LogP contribution in [-0.4, -0.2) is 38.8 Å². The summed E-state index contributed by atoms with van der Waals surface area (Å²) in [6.07, 6.45) is 0. The van der Waals surface area contributed by atoms with Crippen molar-refractivity contribution in [2.75, 3.05) is 43.1 Å². The monoisotopic (exact) mass is 408 g/mol. The van der Waals surface area contributed by atoms with E-state index in [9.17, 15) is 4.79 Å². The molecule has 0 radical (unpaired) electrons. The Hall–Kier alpha value is -2.83. The summed E-state index contributed by atoms with van der Waals surface area (Å²) in [6.45, 7) is 5.54. The maximum atomic E-state index is 13.1. The van der Waals surface area contributed by atoms with Crippen molar-refractivity contribution in [2.45, 2.75) is 6.92 Å². The Bertz CT molecular complexity index is 965. The van der Waals surface area contributed by atoms with E-state index in [0.29, 0.717) is 36.1 Å². The molecule has 3 aromatic rings. The van der Waals surface area contributed by atoms with Gasteiger partial charge in [-0.25, -0.2) is 0 Å². The fourth-order valence-electron chi connectivity index (χ4n) is 3.35. The zero-order valence-electron chi connectivity index (χ0n) is 16.4. The first-order chi connectivity index (χ1) is 14.3. The van der Waals surface area contributed by atoms with Gasteiger partial charge < -0.3 is 19.7 Å². The summed E-state index contributed by atoms with van der Waals surface area (Å²) in [7, 11) is 0. The molecule has 2 heterocycles. The second-order valence-corrected chi connectivity index (χ2v) is 7.71. The average molecular weight is 409 g/mol. The second-order valence-electron chi connectivity index (χ2n) is 6.68. The summed E-state index contributed by atoms with van der Waals surface area (Å²) >= 11 is 1.52. The zero-order chi connectivity index (χ0) is 20.1. The van der Waals surface area contributed by atoms with Gasteiger partial charge in [-0.3, -0.25) is 4.79 Å². The second kappa shape index (κ2) is 9.11. The Balaban J connectivity index is 1.65. The normalized spacial score (nSPS) is 13.9. The summed E-state index contributed by atoms with van der Waals surface area (Å²) in [5, 5.41) is 4.12. The molecular weight excluding hydrogens is 384 g/mol. The number of para-hydroxylation sites is 2. The van der Waals surface area contributed by atoms with Crippen LogP contribution in [0, 0.1) is 0 Å². The highest BCUT2D eigenvalue weighted by molar-refractivity contribution is 7.18. The highest BCUT2D eigenvalue weighted by Crippen LogP contribution is 2.40. The van der Waals surface area contributed by atoms with Crippen molar-refractivity contribution in [1.29, 1.82) is 0 Å². The van der Waals surface area contributed by atoms with Crippen LogP contribution >= 0.6 is 11.3 Å². The van der Waals surface area contributed by atoms with Crippen molar-refractivity contribution < 1.29 is 14.3 Å². The average Bonchev–Trinajstić information content (AvgIpc) is 3.22. The van der Waals surface area contributed by atoms with Crippen molar-refractivity contribution >= 4 is 27.9 Å². The highest BCUT2D eigenvalue weighted by atomic mass is 32.1. The molecule has 1 aromatic heterocycles.